The molecule has 0 saturated carbocycles. The first-order valence-electron chi connectivity index (χ1n) is 4.75. The summed E-state index contributed by atoms with van der Waals surface area (Å²) in [5.41, 5.74) is 0.562. The van der Waals surface area contributed by atoms with E-state index >= 15 is 0 Å². The van der Waals surface area contributed by atoms with E-state index in [-0.39, 0.29) is 24.5 Å². The van der Waals surface area contributed by atoms with Crippen molar-refractivity contribution in [3.05, 3.63) is 39.4 Å². The minimum atomic E-state index is -0.974. The Labute approximate surface area is 96.7 Å². The van der Waals surface area contributed by atoms with Crippen molar-refractivity contribution in [3.8, 4) is 5.75 Å². The summed E-state index contributed by atoms with van der Waals surface area (Å²) in [4.78, 5) is 25.2. The number of rotatable bonds is 5. The molecule has 0 amide bonds. The molecule has 7 nitrogen and oxygen atoms in total. The Kier molecular flexibility index (Phi) is 4.27. The molecule has 7 heteroatoms. The van der Waals surface area contributed by atoms with E-state index in [9.17, 15) is 20.0 Å². The highest BCUT2D eigenvalue weighted by atomic mass is 17.0. The van der Waals surface area contributed by atoms with Crippen LogP contribution >= 0.6 is 0 Å². The zero-order chi connectivity index (χ0) is 12.8. The minimum absolute atomic E-state index is 0.0195. The van der Waals surface area contributed by atoms with Crippen molar-refractivity contribution in [2.75, 3.05) is 13.2 Å². The number of phenolic OH excluding ortho intramolecular Hbond substituents is 1. The van der Waals surface area contributed by atoms with Crippen molar-refractivity contribution in [2.24, 2.45) is 0 Å². The normalized spacial score (nSPS) is 9.71. The quantitative estimate of drug-likeness (QED) is 0.358. The van der Waals surface area contributed by atoms with Crippen LogP contribution in [0.5, 0.6) is 5.75 Å². The fraction of sp³-hybridized carbons (Fsp3) is 0.300. The molecular weight excluding hydrogens is 230 g/mol. The van der Waals surface area contributed by atoms with Crippen molar-refractivity contribution < 1.29 is 24.6 Å². The van der Waals surface area contributed by atoms with Gasteiger partial charge in [-0.2, -0.15) is 0 Å². The summed E-state index contributed by atoms with van der Waals surface area (Å²) in [6.45, 7) is 1.04. The van der Waals surface area contributed by atoms with E-state index in [2.05, 4.69) is 9.57 Å². The van der Waals surface area contributed by atoms with Gasteiger partial charge in [0, 0.05) is 0 Å². The Morgan fingerprint density at radius 1 is 1.47 bits per heavy atom. The smallest absolute Gasteiger partial charge is 0.341 e. The maximum Gasteiger partial charge on any atom is 0.341 e. The average molecular weight is 241 g/mol. The molecule has 0 unspecified atom stereocenters. The van der Waals surface area contributed by atoms with Gasteiger partial charge in [-0.1, -0.05) is 12.1 Å². The van der Waals surface area contributed by atoms with Gasteiger partial charge in [0.05, 0.1) is 0 Å². The molecular formula is C10H11NO6. The van der Waals surface area contributed by atoms with Gasteiger partial charge in [0.15, 0.2) is 0 Å². The Morgan fingerprint density at radius 3 is 2.82 bits per heavy atom. The van der Waals surface area contributed by atoms with Gasteiger partial charge in [-0.3, -0.25) is 0 Å². The number of para-hydroxylation sites is 1. The van der Waals surface area contributed by atoms with Crippen LogP contribution in [0.4, 0.5) is 0 Å². The molecule has 1 aromatic rings. The molecule has 0 atom stereocenters. The van der Waals surface area contributed by atoms with E-state index in [0.717, 1.165) is 0 Å². The maximum absolute atomic E-state index is 11.5. The van der Waals surface area contributed by atoms with E-state index in [1.165, 1.54) is 6.07 Å². The maximum atomic E-state index is 11.5. The van der Waals surface area contributed by atoms with Crippen LogP contribution in [0, 0.1) is 17.0 Å². The van der Waals surface area contributed by atoms with Crippen LogP contribution in [0.25, 0.3) is 0 Å². The number of hydrogen-bond donors (Lipinski definition) is 1. The summed E-state index contributed by atoms with van der Waals surface area (Å²) in [7, 11) is 0. The Morgan fingerprint density at radius 2 is 2.18 bits per heavy atom. The third-order valence-electron chi connectivity index (χ3n) is 1.97. The Balaban J connectivity index is 2.53. The molecule has 0 radical (unpaired) electrons. The van der Waals surface area contributed by atoms with Gasteiger partial charge in [0.2, 0.25) is 0 Å². The number of benzene rings is 1. The molecule has 0 aliphatic heterocycles. The van der Waals surface area contributed by atoms with Gasteiger partial charge in [-0.15, -0.1) is 10.1 Å². The molecule has 0 bridgehead atoms. The molecule has 0 aliphatic rings. The molecule has 0 saturated heterocycles. The third kappa shape index (κ3) is 3.63. The number of aromatic hydroxyl groups is 1. The van der Waals surface area contributed by atoms with Crippen LogP contribution in [0.3, 0.4) is 0 Å². The van der Waals surface area contributed by atoms with Crippen LogP contribution in [-0.2, 0) is 9.57 Å². The summed E-state index contributed by atoms with van der Waals surface area (Å²) in [6, 6.07) is 4.64. The van der Waals surface area contributed by atoms with Gasteiger partial charge in [-0.25, -0.2) is 4.79 Å². The fourth-order valence-corrected chi connectivity index (χ4v) is 1.15. The van der Waals surface area contributed by atoms with Gasteiger partial charge in [0.25, 0.3) is 5.09 Å². The molecule has 0 heterocycles. The highest BCUT2D eigenvalue weighted by Gasteiger charge is 2.13. The first-order chi connectivity index (χ1) is 8.02. The first-order valence-corrected chi connectivity index (χ1v) is 4.75. The van der Waals surface area contributed by atoms with E-state index in [0.29, 0.717) is 5.56 Å². The lowest BCUT2D eigenvalue weighted by atomic mass is 10.1. The van der Waals surface area contributed by atoms with Crippen LogP contribution in [0.2, 0.25) is 0 Å². The lowest BCUT2D eigenvalue weighted by Crippen LogP contribution is -2.13. The highest BCUT2D eigenvalue weighted by Crippen LogP contribution is 2.21. The monoisotopic (exact) mass is 241 g/mol. The molecule has 92 valence electrons. The van der Waals surface area contributed by atoms with Crippen LogP contribution in [0.1, 0.15) is 15.9 Å². The Bertz CT molecular complexity index is 431. The highest BCUT2D eigenvalue weighted by molar-refractivity contribution is 5.92. The van der Waals surface area contributed by atoms with Gasteiger partial charge in [0.1, 0.15) is 24.5 Å². The second kappa shape index (κ2) is 5.69. The molecule has 1 aromatic carbocycles. The zero-order valence-electron chi connectivity index (χ0n) is 9.08. The SMILES string of the molecule is Cc1cccc(C(=O)OCCO[N+](=O)[O-])c1O. The molecule has 0 aromatic heterocycles. The van der Waals surface area contributed by atoms with Gasteiger partial charge < -0.3 is 14.7 Å². The van der Waals surface area contributed by atoms with Crippen molar-refractivity contribution in [1.82, 2.24) is 0 Å². The van der Waals surface area contributed by atoms with Gasteiger partial charge in [-0.05, 0) is 18.6 Å². The zero-order valence-corrected chi connectivity index (χ0v) is 9.08. The van der Waals surface area contributed by atoms with E-state index < -0.39 is 11.1 Å². The largest absolute Gasteiger partial charge is 0.507 e. The average Bonchev–Trinajstić information content (AvgIpc) is 2.27. The number of hydrogen-bond acceptors (Lipinski definition) is 6. The molecule has 1 rings (SSSR count). The second-order valence-corrected chi connectivity index (χ2v) is 3.16. The Hall–Kier alpha value is -2.31. The second-order valence-electron chi connectivity index (χ2n) is 3.16. The minimum Gasteiger partial charge on any atom is -0.507 e. The van der Waals surface area contributed by atoms with Crippen molar-refractivity contribution in [3.63, 3.8) is 0 Å². The molecule has 0 aliphatic carbocycles. The number of nitrogens with zero attached hydrogens (tertiary/aromatic N) is 1. The number of carbonyl (C=O) groups excluding carboxylic acids is 1. The predicted octanol–water partition coefficient (Wildman–Crippen LogP) is 1.07. The lowest BCUT2D eigenvalue weighted by molar-refractivity contribution is -0.757. The third-order valence-corrected chi connectivity index (χ3v) is 1.97. The molecule has 1 N–H and O–H groups in total. The van der Waals surface area contributed by atoms with E-state index in [1.807, 2.05) is 0 Å². The summed E-state index contributed by atoms with van der Waals surface area (Å²) in [6.07, 6.45) is 0. The predicted molar refractivity (Wildman–Crippen MR) is 56.1 cm³/mol. The number of esters is 1. The number of carbonyl (C=O) groups is 1. The van der Waals surface area contributed by atoms with Crippen LogP contribution in [-0.4, -0.2) is 29.4 Å². The van der Waals surface area contributed by atoms with Crippen molar-refractivity contribution in [2.45, 2.75) is 6.92 Å². The molecule has 0 spiro atoms. The topological polar surface area (TPSA) is 98.9 Å². The molecule has 17 heavy (non-hydrogen) atoms. The summed E-state index contributed by atoms with van der Waals surface area (Å²) in [5, 5.41) is 18.4. The van der Waals surface area contributed by atoms with Gasteiger partial charge >= 0.3 is 5.97 Å². The van der Waals surface area contributed by atoms with Crippen molar-refractivity contribution in [1.29, 1.82) is 0 Å². The fourth-order valence-electron chi connectivity index (χ4n) is 1.15. The number of ether oxygens (including phenoxy) is 1. The number of phenols is 1. The summed E-state index contributed by atoms with van der Waals surface area (Å²) >= 11 is 0. The van der Waals surface area contributed by atoms with E-state index in [1.54, 1.807) is 19.1 Å². The van der Waals surface area contributed by atoms with Crippen LogP contribution < -0.4 is 0 Å². The first kappa shape index (κ1) is 12.8. The summed E-state index contributed by atoms with van der Waals surface area (Å²) < 4.78 is 4.69. The van der Waals surface area contributed by atoms with Crippen LogP contribution in [0.15, 0.2) is 18.2 Å². The molecule has 0 fully saturated rings. The van der Waals surface area contributed by atoms with Crippen molar-refractivity contribution >= 4 is 5.97 Å². The van der Waals surface area contributed by atoms with E-state index in [4.69, 9.17) is 0 Å². The lowest BCUT2D eigenvalue weighted by Gasteiger charge is -2.07. The number of aryl methyl sites for hydroxylation is 1. The standard InChI is InChI=1S/C10H11NO6/c1-7-3-2-4-8(9(7)12)10(13)16-5-6-17-11(14)15/h2-4,12H,5-6H2,1H3. The summed E-state index contributed by atoms with van der Waals surface area (Å²) in [5.74, 6) is -0.911.